The van der Waals surface area contributed by atoms with Crippen molar-refractivity contribution in [3.05, 3.63) is 62.5 Å². The molecule has 0 fully saturated rings. The number of hydrogen-bond acceptors (Lipinski definition) is 4. The van der Waals surface area contributed by atoms with E-state index in [9.17, 15) is 0 Å². The van der Waals surface area contributed by atoms with Crippen LogP contribution in [0.1, 0.15) is 46.2 Å². The van der Waals surface area contributed by atoms with E-state index in [2.05, 4.69) is 35.5 Å². The topological polar surface area (TPSA) is 43.1 Å². The predicted octanol–water partition coefficient (Wildman–Crippen LogP) is 4.82. The zero-order valence-electron chi connectivity index (χ0n) is 14.0. The van der Waals surface area contributed by atoms with Gasteiger partial charge in [0.25, 0.3) is 0 Å². The lowest BCUT2D eigenvalue weighted by atomic mass is 10.00. The van der Waals surface area contributed by atoms with Crippen molar-refractivity contribution >= 4 is 28.6 Å². The van der Waals surface area contributed by atoms with Gasteiger partial charge in [0.1, 0.15) is 16.9 Å². The van der Waals surface area contributed by atoms with Crippen LogP contribution in [0, 0.1) is 20.8 Å². The van der Waals surface area contributed by atoms with Crippen molar-refractivity contribution in [2.45, 2.75) is 33.7 Å². The summed E-state index contributed by atoms with van der Waals surface area (Å²) in [5.74, 6) is 1.78. The van der Waals surface area contributed by atoms with Crippen LogP contribution in [0.2, 0.25) is 5.02 Å². The molecular weight excluding hydrogens is 340 g/mol. The van der Waals surface area contributed by atoms with Crippen LogP contribution < -0.4 is 0 Å². The molecule has 0 amide bonds. The molecule has 3 aromatic rings. The van der Waals surface area contributed by atoms with Gasteiger partial charge in [-0.05, 0) is 45.4 Å². The third kappa shape index (κ3) is 2.23. The molecule has 1 unspecified atom stereocenters. The van der Waals surface area contributed by atoms with Crippen LogP contribution in [0.4, 0.5) is 0 Å². The average molecular weight is 357 g/mol. The van der Waals surface area contributed by atoms with E-state index in [4.69, 9.17) is 16.6 Å². The summed E-state index contributed by atoms with van der Waals surface area (Å²) in [6.07, 6.45) is 0. The van der Waals surface area contributed by atoms with Crippen LogP contribution in [0.15, 0.2) is 29.3 Å². The molecule has 0 radical (unpaired) electrons. The lowest BCUT2D eigenvalue weighted by Gasteiger charge is -2.09. The summed E-state index contributed by atoms with van der Waals surface area (Å²) in [6, 6.07) is 7.83. The number of aromatic nitrogens is 3. The van der Waals surface area contributed by atoms with Crippen LogP contribution in [-0.2, 0) is 0 Å². The van der Waals surface area contributed by atoms with E-state index in [1.807, 2.05) is 31.2 Å². The van der Waals surface area contributed by atoms with E-state index >= 15 is 0 Å². The summed E-state index contributed by atoms with van der Waals surface area (Å²) in [4.78, 5) is 6.29. The van der Waals surface area contributed by atoms with Crippen molar-refractivity contribution in [3.63, 3.8) is 0 Å². The molecule has 4 nitrogen and oxygen atoms in total. The first-order valence-corrected chi connectivity index (χ1v) is 9.03. The van der Waals surface area contributed by atoms with Crippen molar-refractivity contribution in [2.24, 2.45) is 4.99 Å². The standard InChI is InChI=1S/C18H17ClN4S/c1-9-11(3)24-18-15(9)16(13-5-7-14(19)8-6-13)20-10(2)17-22-21-12(4)23(17)18/h5-8,10H,1-4H3. The number of halogens is 1. The minimum Gasteiger partial charge on any atom is -0.273 e. The molecule has 1 aliphatic heterocycles. The number of thiophene rings is 1. The third-order valence-corrected chi connectivity index (χ3v) is 5.91. The van der Waals surface area contributed by atoms with Crippen molar-refractivity contribution in [1.29, 1.82) is 0 Å². The average Bonchev–Trinajstić information content (AvgIpc) is 3.03. The van der Waals surface area contributed by atoms with Crippen LogP contribution in [0.25, 0.3) is 5.00 Å². The van der Waals surface area contributed by atoms with E-state index in [1.54, 1.807) is 11.3 Å². The van der Waals surface area contributed by atoms with E-state index in [0.717, 1.165) is 32.9 Å². The van der Waals surface area contributed by atoms with Gasteiger partial charge < -0.3 is 0 Å². The molecule has 2 aromatic heterocycles. The second-order valence-corrected chi connectivity index (χ2v) is 7.70. The number of aliphatic imine (C=N–C) groups is 1. The van der Waals surface area contributed by atoms with Gasteiger partial charge in [-0.3, -0.25) is 9.56 Å². The Labute approximate surface area is 149 Å². The summed E-state index contributed by atoms with van der Waals surface area (Å²) in [5.41, 5.74) is 4.51. The quantitative estimate of drug-likeness (QED) is 0.627. The molecule has 0 bridgehead atoms. The molecular formula is C18H17ClN4S. The molecule has 0 saturated carbocycles. The molecule has 0 N–H and O–H groups in total. The molecule has 24 heavy (non-hydrogen) atoms. The zero-order valence-corrected chi connectivity index (χ0v) is 15.5. The van der Waals surface area contributed by atoms with Gasteiger partial charge in [-0.2, -0.15) is 0 Å². The normalized spacial score (nSPS) is 16.4. The fourth-order valence-corrected chi connectivity index (χ4v) is 4.43. The van der Waals surface area contributed by atoms with Crippen LogP contribution in [-0.4, -0.2) is 20.5 Å². The molecule has 1 aliphatic rings. The van der Waals surface area contributed by atoms with Crippen molar-refractivity contribution in [3.8, 4) is 5.00 Å². The van der Waals surface area contributed by atoms with Gasteiger partial charge in [0.15, 0.2) is 5.82 Å². The second-order valence-electron chi connectivity index (χ2n) is 6.06. The fraction of sp³-hybridized carbons (Fsp3) is 0.278. The number of aryl methyl sites for hydroxylation is 2. The largest absolute Gasteiger partial charge is 0.273 e. The van der Waals surface area contributed by atoms with Gasteiger partial charge in [0, 0.05) is 21.0 Å². The summed E-state index contributed by atoms with van der Waals surface area (Å²) in [7, 11) is 0. The first kappa shape index (κ1) is 15.5. The van der Waals surface area contributed by atoms with Crippen LogP contribution >= 0.6 is 22.9 Å². The summed E-state index contributed by atoms with van der Waals surface area (Å²) in [5, 5.41) is 10.5. The van der Waals surface area contributed by atoms with Gasteiger partial charge in [0.05, 0.1) is 5.71 Å². The summed E-state index contributed by atoms with van der Waals surface area (Å²) in [6.45, 7) is 8.36. The Morgan fingerprint density at radius 1 is 1.08 bits per heavy atom. The predicted molar refractivity (Wildman–Crippen MR) is 99.0 cm³/mol. The highest BCUT2D eigenvalue weighted by molar-refractivity contribution is 7.15. The van der Waals surface area contributed by atoms with Crippen LogP contribution in [0.3, 0.4) is 0 Å². The molecule has 1 atom stereocenters. The maximum Gasteiger partial charge on any atom is 0.162 e. The molecule has 3 heterocycles. The zero-order chi connectivity index (χ0) is 17.0. The number of fused-ring (bicyclic) bond motifs is 3. The third-order valence-electron chi connectivity index (χ3n) is 4.47. The first-order valence-electron chi connectivity index (χ1n) is 7.83. The molecule has 0 saturated heterocycles. The Morgan fingerprint density at radius 2 is 1.79 bits per heavy atom. The van der Waals surface area contributed by atoms with Crippen molar-refractivity contribution < 1.29 is 0 Å². The van der Waals surface area contributed by atoms with Crippen LogP contribution in [0.5, 0.6) is 0 Å². The second kappa shape index (κ2) is 5.53. The Kier molecular flexibility index (Phi) is 3.58. The van der Waals surface area contributed by atoms with Gasteiger partial charge in [-0.15, -0.1) is 21.5 Å². The highest BCUT2D eigenvalue weighted by Gasteiger charge is 2.29. The Hall–Kier alpha value is -1.98. The maximum atomic E-state index is 6.06. The molecule has 0 aliphatic carbocycles. The minimum absolute atomic E-state index is 0.0591. The first-order chi connectivity index (χ1) is 11.5. The molecule has 4 rings (SSSR count). The Morgan fingerprint density at radius 3 is 2.50 bits per heavy atom. The SMILES string of the molecule is Cc1sc2c(c1C)C(c1ccc(Cl)cc1)=NC(C)c1nnc(C)n1-2. The van der Waals surface area contributed by atoms with Gasteiger partial charge in [0.2, 0.25) is 0 Å². The number of nitrogens with zero attached hydrogens (tertiary/aromatic N) is 4. The summed E-state index contributed by atoms with van der Waals surface area (Å²) >= 11 is 7.83. The van der Waals surface area contributed by atoms with Gasteiger partial charge in [-0.1, -0.05) is 23.7 Å². The molecule has 1 aromatic carbocycles. The Bertz CT molecular complexity index is 966. The van der Waals surface area contributed by atoms with Crippen molar-refractivity contribution in [2.75, 3.05) is 0 Å². The highest BCUT2D eigenvalue weighted by Crippen LogP contribution is 2.38. The van der Waals surface area contributed by atoms with Crippen molar-refractivity contribution in [1.82, 2.24) is 14.8 Å². The highest BCUT2D eigenvalue weighted by atomic mass is 35.5. The number of benzene rings is 1. The molecule has 6 heteroatoms. The van der Waals surface area contributed by atoms with E-state index < -0.39 is 0 Å². The van der Waals surface area contributed by atoms with Gasteiger partial charge >= 0.3 is 0 Å². The lowest BCUT2D eigenvalue weighted by Crippen LogP contribution is -2.07. The maximum absolute atomic E-state index is 6.06. The van der Waals surface area contributed by atoms with E-state index in [1.165, 1.54) is 16.0 Å². The summed E-state index contributed by atoms with van der Waals surface area (Å²) < 4.78 is 2.15. The number of hydrogen-bond donors (Lipinski definition) is 0. The lowest BCUT2D eigenvalue weighted by molar-refractivity contribution is 0.724. The number of rotatable bonds is 1. The molecule has 122 valence electrons. The fourth-order valence-electron chi connectivity index (χ4n) is 3.09. The van der Waals surface area contributed by atoms with E-state index in [0.29, 0.717) is 0 Å². The molecule has 0 spiro atoms. The Balaban J connectivity index is 2.04. The van der Waals surface area contributed by atoms with E-state index in [-0.39, 0.29) is 6.04 Å². The minimum atomic E-state index is -0.0591. The monoisotopic (exact) mass is 356 g/mol. The van der Waals surface area contributed by atoms with Gasteiger partial charge in [-0.25, -0.2) is 0 Å². The smallest absolute Gasteiger partial charge is 0.162 e.